The number of nitrogens with zero attached hydrogens (tertiary/aromatic N) is 3. The van der Waals surface area contributed by atoms with E-state index in [9.17, 15) is 0 Å². The second-order valence-electron chi connectivity index (χ2n) is 2.90. The molecule has 2 heterocycles. The Hall–Kier alpha value is -1.92. The number of pyridine rings is 2. The zero-order valence-corrected chi connectivity index (χ0v) is 8.44. The lowest BCUT2D eigenvalue weighted by Crippen LogP contribution is -1.86. The van der Waals surface area contributed by atoms with Crippen molar-refractivity contribution in [1.82, 2.24) is 9.97 Å². The van der Waals surface area contributed by atoms with Gasteiger partial charge < -0.3 is 0 Å². The van der Waals surface area contributed by atoms with E-state index in [0.29, 0.717) is 10.6 Å². The highest BCUT2D eigenvalue weighted by Gasteiger charge is 2.07. The average molecular weight is 216 g/mol. The van der Waals surface area contributed by atoms with E-state index in [1.54, 1.807) is 18.6 Å². The molecule has 4 heteroatoms. The molecule has 2 aromatic rings. The molecule has 0 N–H and O–H groups in total. The quantitative estimate of drug-likeness (QED) is 0.735. The third-order valence-electron chi connectivity index (χ3n) is 1.99. The normalized spacial score (nSPS) is 9.60. The van der Waals surface area contributed by atoms with Crippen LogP contribution in [0.15, 0.2) is 36.9 Å². The Bertz CT molecular complexity index is 517. The third-order valence-corrected chi connectivity index (χ3v) is 2.40. The van der Waals surface area contributed by atoms with Crippen molar-refractivity contribution in [2.24, 2.45) is 0 Å². The van der Waals surface area contributed by atoms with Gasteiger partial charge in [-0.1, -0.05) is 11.6 Å². The van der Waals surface area contributed by atoms with E-state index in [1.165, 1.54) is 6.20 Å². The first-order chi connectivity index (χ1) is 7.33. The molecule has 0 radical (unpaired) electrons. The lowest BCUT2D eigenvalue weighted by Gasteiger charge is -2.03. The molecule has 2 aromatic heterocycles. The van der Waals surface area contributed by atoms with Crippen LogP contribution in [0.4, 0.5) is 0 Å². The fraction of sp³-hybridized carbons (Fsp3) is 0. The Morgan fingerprint density at radius 1 is 1.13 bits per heavy atom. The molecule has 0 aliphatic carbocycles. The predicted molar refractivity (Wildman–Crippen MR) is 57.2 cm³/mol. The van der Waals surface area contributed by atoms with Gasteiger partial charge in [0.15, 0.2) is 0 Å². The number of nitriles is 1. The minimum atomic E-state index is 0.381. The van der Waals surface area contributed by atoms with Crippen LogP contribution in [-0.2, 0) is 0 Å². The largest absolute Gasteiger partial charge is 0.265 e. The van der Waals surface area contributed by atoms with Gasteiger partial charge in [-0.2, -0.15) is 5.26 Å². The van der Waals surface area contributed by atoms with E-state index in [4.69, 9.17) is 16.9 Å². The van der Waals surface area contributed by atoms with Crippen LogP contribution in [0.25, 0.3) is 11.1 Å². The summed E-state index contributed by atoms with van der Waals surface area (Å²) >= 11 is 6.06. The number of hydrogen-bond acceptors (Lipinski definition) is 3. The molecule has 0 aliphatic heterocycles. The van der Waals surface area contributed by atoms with Crippen molar-refractivity contribution in [2.45, 2.75) is 0 Å². The predicted octanol–water partition coefficient (Wildman–Crippen LogP) is 2.67. The Balaban J connectivity index is 2.61. The minimum absolute atomic E-state index is 0.381. The molecule has 72 valence electrons. The molecule has 0 unspecified atom stereocenters. The highest BCUT2D eigenvalue weighted by molar-refractivity contribution is 6.34. The van der Waals surface area contributed by atoms with Crippen LogP contribution < -0.4 is 0 Å². The zero-order chi connectivity index (χ0) is 10.7. The molecule has 0 atom stereocenters. The molecule has 0 amide bonds. The molecule has 15 heavy (non-hydrogen) atoms. The second kappa shape index (κ2) is 4.07. The summed E-state index contributed by atoms with van der Waals surface area (Å²) in [6.45, 7) is 0. The van der Waals surface area contributed by atoms with E-state index in [2.05, 4.69) is 9.97 Å². The molecule has 0 aromatic carbocycles. The van der Waals surface area contributed by atoms with E-state index in [0.717, 1.165) is 11.1 Å². The van der Waals surface area contributed by atoms with Crippen LogP contribution in [0.1, 0.15) is 5.56 Å². The molecular weight excluding hydrogens is 210 g/mol. The van der Waals surface area contributed by atoms with Crippen molar-refractivity contribution >= 4 is 11.6 Å². The van der Waals surface area contributed by atoms with Gasteiger partial charge in [0.1, 0.15) is 6.07 Å². The highest BCUT2D eigenvalue weighted by atomic mass is 35.5. The van der Waals surface area contributed by atoms with Crippen LogP contribution in [-0.4, -0.2) is 9.97 Å². The first-order valence-corrected chi connectivity index (χ1v) is 4.64. The molecular formula is C11H6ClN3. The average Bonchev–Trinajstić information content (AvgIpc) is 2.30. The summed E-state index contributed by atoms with van der Waals surface area (Å²) in [5.41, 5.74) is 2.03. The Morgan fingerprint density at radius 2 is 1.87 bits per heavy atom. The monoisotopic (exact) mass is 215 g/mol. The maximum Gasteiger partial charge on any atom is 0.102 e. The SMILES string of the molecule is N#Cc1cncc(-c2ccncc2)c1Cl. The summed E-state index contributed by atoms with van der Waals surface area (Å²) in [6, 6.07) is 5.64. The van der Waals surface area contributed by atoms with Crippen LogP contribution in [0.2, 0.25) is 5.02 Å². The summed E-state index contributed by atoms with van der Waals surface area (Å²) in [5.74, 6) is 0. The fourth-order valence-corrected chi connectivity index (χ4v) is 1.50. The van der Waals surface area contributed by atoms with Gasteiger partial charge in [-0.25, -0.2) is 0 Å². The van der Waals surface area contributed by atoms with Gasteiger partial charge in [0.2, 0.25) is 0 Å². The Labute approximate surface area is 92.0 Å². The van der Waals surface area contributed by atoms with E-state index in [1.807, 2.05) is 18.2 Å². The zero-order valence-electron chi connectivity index (χ0n) is 7.68. The number of rotatable bonds is 1. The van der Waals surface area contributed by atoms with Crippen molar-refractivity contribution in [2.75, 3.05) is 0 Å². The summed E-state index contributed by atoms with van der Waals surface area (Å²) in [4.78, 5) is 7.88. The molecule has 0 saturated heterocycles. The van der Waals surface area contributed by atoms with Gasteiger partial charge in [0, 0.05) is 30.4 Å². The van der Waals surface area contributed by atoms with Crippen molar-refractivity contribution in [1.29, 1.82) is 5.26 Å². The fourth-order valence-electron chi connectivity index (χ4n) is 1.26. The maximum absolute atomic E-state index is 8.80. The van der Waals surface area contributed by atoms with Gasteiger partial charge in [-0.15, -0.1) is 0 Å². The molecule has 0 spiro atoms. The second-order valence-corrected chi connectivity index (χ2v) is 3.27. The minimum Gasteiger partial charge on any atom is -0.265 e. The topological polar surface area (TPSA) is 49.6 Å². The summed E-state index contributed by atoms with van der Waals surface area (Å²) in [7, 11) is 0. The van der Waals surface area contributed by atoms with Gasteiger partial charge in [0.25, 0.3) is 0 Å². The van der Waals surface area contributed by atoms with E-state index < -0.39 is 0 Å². The lowest BCUT2D eigenvalue weighted by atomic mass is 10.1. The van der Waals surface area contributed by atoms with Crippen molar-refractivity contribution < 1.29 is 0 Å². The summed E-state index contributed by atoms with van der Waals surface area (Å²) in [5, 5.41) is 9.23. The van der Waals surface area contributed by atoms with E-state index in [-0.39, 0.29) is 0 Å². The van der Waals surface area contributed by atoms with Crippen LogP contribution in [0.3, 0.4) is 0 Å². The molecule has 0 fully saturated rings. The first kappa shape index (κ1) is 9.63. The summed E-state index contributed by atoms with van der Waals surface area (Å²) < 4.78 is 0. The van der Waals surface area contributed by atoms with Gasteiger partial charge >= 0.3 is 0 Å². The van der Waals surface area contributed by atoms with Crippen molar-refractivity contribution in [3.8, 4) is 17.2 Å². The third kappa shape index (κ3) is 1.80. The van der Waals surface area contributed by atoms with Gasteiger partial charge in [0.05, 0.1) is 10.6 Å². The molecule has 0 aliphatic rings. The Kier molecular flexibility index (Phi) is 2.61. The van der Waals surface area contributed by atoms with Crippen molar-refractivity contribution in [3.05, 3.63) is 47.5 Å². The highest BCUT2D eigenvalue weighted by Crippen LogP contribution is 2.28. The number of halogens is 1. The van der Waals surface area contributed by atoms with Crippen LogP contribution >= 0.6 is 11.6 Å². The summed E-state index contributed by atoms with van der Waals surface area (Å²) in [6.07, 6.45) is 6.43. The molecule has 3 nitrogen and oxygen atoms in total. The molecule has 0 bridgehead atoms. The Morgan fingerprint density at radius 3 is 2.53 bits per heavy atom. The van der Waals surface area contributed by atoms with Crippen molar-refractivity contribution in [3.63, 3.8) is 0 Å². The molecule has 2 rings (SSSR count). The number of hydrogen-bond donors (Lipinski definition) is 0. The van der Waals surface area contributed by atoms with Gasteiger partial charge in [-0.3, -0.25) is 9.97 Å². The molecule has 0 saturated carbocycles. The lowest BCUT2D eigenvalue weighted by molar-refractivity contribution is 1.29. The van der Waals surface area contributed by atoms with Crippen LogP contribution in [0.5, 0.6) is 0 Å². The maximum atomic E-state index is 8.80. The van der Waals surface area contributed by atoms with Crippen LogP contribution in [0, 0.1) is 11.3 Å². The smallest absolute Gasteiger partial charge is 0.102 e. The number of aromatic nitrogens is 2. The van der Waals surface area contributed by atoms with Gasteiger partial charge in [-0.05, 0) is 17.7 Å². The first-order valence-electron chi connectivity index (χ1n) is 4.27. The van der Waals surface area contributed by atoms with E-state index >= 15 is 0 Å². The standard InChI is InChI=1S/C11H6ClN3/c12-11-9(5-13)6-15-7-10(11)8-1-3-14-4-2-8/h1-4,6-7H.